The molecule has 5 heteroatoms. The summed E-state index contributed by atoms with van der Waals surface area (Å²) in [5.41, 5.74) is 0.836. The molecule has 0 saturated heterocycles. The molecule has 16 heavy (non-hydrogen) atoms. The fourth-order valence-electron chi connectivity index (χ4n) is 1.39. The van der Waals surface area contributed by atoms with Gasteiger partial charge in [-0.3, -0.25) is 0 Å². The van der Waals surface area contributed by atoms with E-state index in [2.05, 4.69) is 0 Å². The highest BCUT2D eigenvalue weighted by molar-refractivity contribution is 5.75. The summed E-state index contributed by atoms with van der Waals surface area (Å²) in [6, 6.07) is 4.68. The Kier molecular flexibility index (Phi) is 3.48. The summed E-state index contributed by atoms with van der Waals surface area (Å²) in [6.07, 6.45) is -1.70. The lowest BCUT2D eigenvalue weighted by Crippen LogP contribution is -2.12. The Morgan fingerprint density at radius 2 is 2.19 bits per heavy atom. The Morgan fingerprint density at radius 1 is 1.56 bits per heavy atom. The van der Waals surface area contributed by atoms with Gasteiger partial charge in [-0.25, -0.2) is 4.79 Å². The van der Waals surface area contributed by atoms with Crippen LogP contribution in [0.15, 0.2) is 12.1 Å². The van der Waals surface area contributed by atoms with Gasteiger partial charge >= 0.3 is 5.97 Å². The van der Waals surface area contributed by atoms with Crippen molar-refractivity contribution in [3.8, 4) is 11.8 Å². The van der Waals surface area contributed by atoms with Crippen LogP contribution in [-0.2, 0) is 4.79 Å². The molecule has 0 aliphatic rings. The van der Waals surface area contributed by atoms with Gasteiger partial charge in [-0.2, -0.15) is 5.26 Å². The molecule has 1 atom stereocenters. The highest BCUT2D eigenvalue weighted by Gasteiger charge is 2.21. The number of hydrogen-bond donors (Lipinski definition) is 2. The first-order chi connectivity index (χ1) is 7.51. The molecule has 0 radical (unpaired) electrons. The number of rotatable bonds is 3. The number of aryl methyl sites for hydroxylation is 1. The number of carboxylic acids is 1. The van der Waals surface area contributed by atoms with Gasteiger partial charge in [0.15, 0.2) is 6.10 Å². The van der Waals surface area contributed by atoms with Crippen LogP contribution in [0.1, 0.15) is 22.8 Å². The number of aliphatic carboxylic acids is 1. The van der Waals surface area contributed by atoms with Crippen molar-refractivity contribution in [1.82, 2.24) is 0 Å². The fourth-order valence-corrected chi connectivity index (χ4v) is 1.39. The number of benzene rings is 1. The van der Waals surface area contributed by atoms with Crippen LogP contribution in [0.4, 0.5) is 0 Å². The molecule has 0 aliphatic carbocycles. The van der Waals surface area contributed by atoms with E-state index in [4.69, 9.17) is 15.1 Å². The Bertz CT molecular complexity index is 462. The maximum absolute atomic E-state index is 10.6. The summed E-state index contributed by atoms with van der Waals surface area (Å²) in [6.45, 7) is 1.71. The summed E-state index contributed by atoms with van der Waals surface area (Å²) in [5, 5.41) is 26.9. The molecule has 1 aromatic carbocycles. The predicted octanol–water partition coefficient (Wildman–Crippen LogP) is 0.993. The molecule has 0 fully saturated rings. The third kappa shape index (κ3) is 2.12. The van der Waals surface area contributed by atoms with Gasteiger partial charge in [0.25, 0.3) is 0 Å². The predicted molar refractivity (Wildman–Crippen MR) is 55.0 cm³/mol. The van der Waals surface area contributed by atoms with Crippen LogP contribution in [-0.4, -0.2) is 23.3 Å². The first-order valence-corrected chi connectivity index (χ1v) is 4.50. The molecular weight excluding hydrogens is 210 g/mol. The van der Waals surface area contributed by atoms with Crippen molar-refractivity contribution in [2.45, 2.75) is 13.0 Å². The third-order valence-electron chi connectivity index (χ3n) is 2.22. The van der Waals surface area contributed by atoms with Crippen molar-refractivity contribution in [2.75, 3.05) is 7.11 Å². The van der Waals surface area contributed by atoms with E-state index in [-0.39, 0.29) is 11.1 Å². The van der Waals surface area contributed by atoms with Crippen LogP contribution in [0.25, 0.3) is 0 Å². The molecular formula is C11H11NO4. The first-order valence-electron chi connectivity index (χ1n) is 4.50. The molecule has 0 saturated carbocycles. The number of aliphatic hydroxyl groups excluding tert-OH is 1. The van der Waals surface area contributed by atoms with Crippen molar-refractivity contribution in [1.29, 1.82) is 5.26 Å². The number of hydrogen-bond acceptors (Lipinski definition) is 4. The molecule has 0 aliphatic heterocycles. The summed E-state index contributed by atoms with van der Waals surface area (Å²) in [7, 11) is 1.46. The van der Waals surface area contributed by atoms with Gasteiger partial charge in [0.1, 0.15) is 5.75 Å². The zero-order valence-corrected chi connectivity index (χ0v) is 8.89. The molecule has 1 aromatic rings. The highest BCUT2D eigenvalue weighted by atomic mass is 16.5. The number of ether oxygens (including phenoxy) is 1. The van der Waals surface area contributed by atoms with Crippen LogP contribution >= 0.6 is 0 Å². The van der Waals surface area contributed by atoms with Gasteiger partial charge in [0.05, 0.1) is 18.7 Å². The van der Waals surface area contributed by atoms with Crippen molar-refractivity contribution in [3.63, 3.8) is 0 Å². The molecule has 0 amide bonds. The van der Waals surface area contributed by atoms with E-state index in [0.717, 1.165) is 0 Å². The first kappa shape index (κ1) is 12.0. The molecule has 0 aromatic heterocycles. The number of nitrogens with zero attached hydrogens (tertiary/aromatic N) is 1. The van der Waals surface area contributed by atoms with E-state index in [1.807, 2.05) is 6.07 Å². The number of nitriles is 1. The average molecular weight is 221 g/mol. The van der Waals surface area contributed by atoms with E-state index in [0.29, 0.717) is 11.3 Å². The third-order valence-corrected chi connectivity index (χ3v) is 2.22. The topological polar surface area (TPSA) is 90.5 Å². The second-order valence-corrected chi connectivity index (χ2v) is 3.26. The summed E-state index contributed by atoms with van der Waals surface area (Å²) < 4.78 is 5.00. The monoisotopic (exact) mass is 221 g/mol. The zero-order valence-electron chi connectivity index (χ0n) is 8.89. The van der Waals surface area contributed by atoms with Crippen molar-refractivity contribution >= 4 is 5.97 Å². The molecule has 5 nitrogen and oxygen atoms in total. The van der Waals surface area contributed by atoms with E-state index < -0.39 is 12.1 Å². The Hall–Kier alpha value is -2.06. The van der Waals surface area contributed by atoms with Crippen LogP contribution in [0.2, 0.25) is 0 Å². The van der Waals surface area contributed by atoms with Crippen molar-refractivity contribution < 1.29 is 19.7 Å². The van der Waals surface area contributed by atoms with Gasteiger partial charge in [0.2, 0.25) is 0 Å². The SMILES string of the molecule is COc1cc(C#N)c(C(O)C(=O)O)cc1C. The van der Waals surface area contributed by atoms with Crippen molar-refractivity contribution in [3.05, 3.63) is 28.8 Å². The largest absolute Gasteiger partial charge is 0.496 e. The molecule has 84 valence electrons. The number of methoxy groups -OCH3 is 1. The van der Waals surface area contributed by atoms with Crippen LogP contribution < -0.4 is 4.74 Å². The maximum atomic E-state index is 10.6. The molecule has 0 heterocycles. The highest BCUT2D eigenvalue weighted by Crippen LogP contribution is 2.26. The lowest BCUT2D eigenvalue weighted by Gasteiger charge is -2.11. The Balaban J connectivity index is 3.35. The minimum atomic E-state index is -1.70. The van der Waals surface area contributed by atoms with E-state index in [1.165, 1.54) is 19.2 Å². The number of carboxylic acid groups (broad SMARTS) is 1. The van der Waals surface area contributed by atoms with Gasteiger partial charge < -0.3 is 14.9 Å². The molecule has 1 unspecified atom stereocenters. The Labute approximate surface area is 92.5 Å². The van der Waals surface area contributed by atoms with Crippen molar-refractivity contribution in [2.24, 2.45) is 0 Å². The molecule has 2 N–H and O–H groups in total. The number of carbonyl (C=O) groups is 1. The van der Waals surface area contributed by atoms with Crippen LogP contribution in [0, 0.1) is 18.3 Å². The smallest absolute Gasteiger partial charge is 0.337 e. The number of aliphatic hydroxyl groups is 1. The lowest BCUT2D eigenvalue weighted by molar-refractivity contribution is -0.146. The second kappa shape index (κ2) is 4.64. The van der Waals surface area contributed by atoms with Crippen LogP contribution in [0.5, 0.6) is 5.75 Å². The van der Waals surface area contributed by atoms with Gasteiger partial charge in [-0.05, 0) is 24.6 Å². The quantitative estimate of drug-likeness (QED) is 0.794. The Morgan fingerprint density at radius 3 is 2.62 bits per heavy atom. The van der Waals surface area contributed by atoms with E-state index in [1.54, 1.807) is 6.92 Å². The summed E-state index contributed by atoms with van der Waals surface area (Å²) >= 11 is 0. The van der Waals surface area contributed by atoms with Gasteiger partial charge in [-0.1, -0.05) is 0 Å². The lowest BCUT2D eigenvalue weighted by atomic mass is 10.00. The molecule has 0 bridgehead atoms. The summed E-state index contributed by atoms with van der Waals surface area (Å²) in [5.74, 6) is -0.904. The standard InChI is InChI=1S/C11H11NO4/c1-6-3-8(10(13)11(14)15)7(5-12)4-9(6)16-2/h3-4,10,13H,1-2H3,(H,14,15). The normalized spacial score (nSPS) is 11.6. The van der Waals surface area contributed by atoms with Gasteiger partial charge in [0, 0.05) is 5.56 Å². The zero-order chi connectivity index (χ0) is 12.3. The van der Waals surface area contributed by atoms with Gasteiger partial charge in [-0.15, -0.1) is 0 Å². The minimum Gasteiger partial charge on any atom is -0.496 e. The fraction of sp³-hybridized carbons (Fsp3) is 0.273. The van der Waals surface area contributed by atoms with E-state index >= 15 is 0 Å². The average Bonchev–Trinajstić information content (AvgIpc) is 2.27. The maximum Gasteiger partial charge on any atom is 0.337 e. The minimum absolute atomic E-state index is 0.0771. The van der Waals surface area contributed by atoms with E-state index in [9.17, 15) is 9.90 Å². The van der Waals surface area contributed by atoms with Crippen LogP contribution in [0.3, 0.4) is 0 Å². The molecule has 1 rings (SSSR count). The molecule has 0 spiro atoms. The second-order valence-electron chi connectivity index (χ2n) is 3.26. The summed E-state index contributed by atoms with van der Waals surface area (Å²) in [4.78, 5) is 10.6.